The molecule has 2 aromatic heterocycles. The Bertz CT molecular complexity index is 837. The van der Waals surface area contributed by atoms with Gasteiger partial charge in [0.05, 0.1) is 16.9 Å². The summed E-state index contributed by atoms with van der Waals surface area (Å²) >= 11 is 0. The summed E-state index contributed by atoms with van der Waals surface area (Å²) < 4.78 is 0. The molecule has 0 aliphatic rings. The molecule has 0 saturated carbocycles. The number of amides is 1. The van der Waals surface area contributed by atoms with Gasteiger partial charge in [-0.1, -0.05) is 0 Å². The quantitative estimate of drug-likeness (QED) is 0.628. The lowest BCUT2D eigenvalue weighted by molar-refractivity contribution is 0.102. The second-order valence-electron chi connectivity index (χ2n) is 4.92. The Morgan fingerprint density at radius 1 is 1.24 bits per heavy atom. The maximum Gasteiger partial charge on any atom is 0.276 e. The fourth-order valence-electron chi connectivity index (χ4n) is 2.20. The first-order chi connectivity index (χ1) is 10.0. The number of anilines is 2. The minimum atomic E-state index is -0.291. The average Bonchev–Trinajstić information content (AvgIpc) is 2.85. The second-order valence-corrected chi connectivity index (χ2v) is 4.92. The summed E-state index contributed by atoms with van der Waals surface area (Å²) in [6.45, 7) is 3.76. The molecule has 0 fully saturated rings. The smallest absolute Gasteiger partial charge is 0.276 e. The predicted octanol–water partition coefficient (Wildman–Crippen LogP) is 2.41. The summed E-state index contributed by atoms with van der Waals surface area (Å²) in [6.07, 6.45) is 0. The number of carbonyl (C=O) groups excluding carboxylic acids is 1. The van der Waals surface area contributed by atoms with E-state index in [2.05, 4.69) is 20.5 Å². The fraction of sp³-hybridized carbons (Fsp3) is 0.133. The molecule has 1 amide bonds. The van der Waals surface area contributed by atoms with Gasteiger partial charge in [-0.2, -0.15) is 5.10 Å². The molecule has 0 spiro atoms. The molecule has 106 valence electrons. The number of fused-ring (bicyclic) bond motifs is 1. The van der Waals surface area contributed by atoms with Crippen LogP contribution in [0.5, 0.6) is 0 Å². The molecule has 4 N–H and O–H groups in total. The molecule has 0 aliphatic heterocycles. The lowest BCUT2D eigenvalue weighted by atomic mass is 10.2. The van der Waals surface area contributed by atoms with Crippen LogP contribution in [0.1, 0.15) is 21.9 Å². The van der Waals surface area contributed by atoms with Gasteiger partial charge in [-0.3, -0.25) is 14.9 Å². The molecule has 0 radical (unpaired) electrons. The number of pyridine rings is 1. The van der Waals surface area contributed by atoms with Crippen LogP contribution in [0.3, 0.4) is 0 Å². The summed E-state index contributed by atoms with van der Waals surface area (Å²) in [7, 11) is 0. The van der Waals surface area contributed by atoms with Crippen LogP contribution in [-0.2, 0) is 0 Å². The number of H-pyrrole nitrogens is 1. The Balaban J connectivity index is 1.95. The topological polar surface area (TPSA) is 96.7 Å². The van der Waals surface area contributed by atoms with Crippen molar-refractivity contribution in [3.8, 4) is 0 Å². The zero-order valence-corrected chi connectivity index (χ0v) is 11.8. The van der Waals surface area contributed by atoms with Crippen molar-refractivity contribution in [1.82, 2.24) is 15.2 Å². The third-order valence-corrected chi connectivity index (χ3v) is 3.28. The summed E-state index contributed by atoms with van der Waals surface area (Å²) in [4.78, 5) is 16.7. The lowest BCUT2D eigenvalue weighted by Crippen LogP contribution is -2.14. The molecule has 6 heteroatoms. The van der Waals surface area contributed by atoms with Crippen LogP contribution in [-0.4, -0.2) is 21.1 Å². The largest absolute Gasteiger partial charge is 0.399 e. The molecule has 6 nitrogen and oxygen atoms in total. The highest BCUT2D eigenvalue weighted by molar-refractivity contribution is 6.11. The average molecular weight is 281 g/mol. The summed E-state index contributed by atoms with van der Waals surface area (Å²) in [5, 5.41) is 10.4. The van der Waals surface area contributed by atoms with Gasteiger partial charge in [0.1, 0.15) is 0 Å². The maximum absolute atomic E-state index is 12.4. The molecule has 0 aliphatic carbocycles. The van der Waals surface area contributed by atoms with Gasteiger partial charge in [-0.25, -0.2) is 0 Å². The number of nitrogens with one attached hydrogen (secondary N) is 2. The molecule has 0 atom stereocenters. The van der Waals surface area contributed by atoms with Crippen molar-refractivity contribution in [1.29, 1.82) is 0 Å². The number of aryl methyl sites for hydroxylation is 2. The summed E-state index contributed by atoms with van der Waals surface area (Å²) in [5.74, 6) is -0.291. The molecule has 2 heterocycles. The molecule has 21 heavy (non-hydrogen) atoms. The normalized spacial score (nSPS) is 10.8. The third-order valence-electron chi connectivity index (χ3n) is 3.28. The molecule has 0 saturated heterocycles. The minimum Gasteiger partial charge on any atom is -0.399 e. The monoisotopic (exact) mass is 281 g/mol. The number of nitrogens with two attached hydrogens (primary N) is 1. The summed E-state index contributed by atoms with van der Waals surface area (Å²) in [6, 6.07) is 8.97. The van der Waals surface area contributed by atoms with Crippen molar-refractivity contribution in [2.45, 2.75) is 13.8 Å². The number of hydrogen-bond donors (Lipinski definition) is 3. The molecular weight excluding hydrogens is 266 g/mol. The van der Waals surface area contributed by atoms with Crippen LogP contribution >= 0.6 is 0 Å². The van der Waals surface area contributed by atoms with Gasteiger partial charge in [0.2, 0.25) is 0 Å². The first kappa shape index (κ1) is 13.1. The number of nitrogen functional groups attached to an aromatic ring is 1. The van der Waals surface area contributed by atoms with E-state index in [0.29, 0.717) is 22.5 Å². The number of carbonyl (C=O) groups is 1. The Kier molecular flexibility index (Phi) is 3.06. The van der Waals surface area contributed by atoms with E-state index < -0.39 is 0 Å². The van der Waals surface area contributed by atoms with E-state index in [9.17, 15) is 4.79 Å². The van der Waals surface area contributed by atoms with E-state index in [4.69, 9.17) is 5.73 Å². The number of aromatic nitrogens is 3. The Hall–Kier alpha value is -2.89. The van der Waals surface area contributed by atoms with Crippen molar-refractivity contribution in [2.24, 2.45) is 0 Å². The third kappa shape index (κ3) is 2.43. The van der Waals surface area contributed by atoms with Gasteiger partial charge in [0.25, 0.3) is 5.91 Å². The van der Waals surface area contributed by atoms with Gasteiger partial charge >= 0.3 is 0 Å². The number of rotatable bonds is 2. The van der Waals surface area contributed by atoms with Crippen LogP contribution in [0.4, 0.5) is 11.4 Å². The molecule has 3 aromatic rings. The van der Waals surface area contributed by atoms with Crippen molar-refractivity contribution in [2.75, 3.05) is 11.1 Å². The van der Waals surface area contributed by atoms with Gasteiger partial charge < -0.3 is 11.1 Å². The zero-order chi connectivity index (χ0) is 15.0. The molecule has 0 bridgehead atoms. The standard InChI is InChI=1S/C15H15N5O/c1-8-3-5-12(9(2)17-8)18-15(21)14-11-7-10(16)4-6-13(11)19-20-14/h3-7H,16H2,1-2H3,(H,18,21)(H,19,20). The Morgan fingerprint density at radius 3 is 2.81 bits per heavy atom. The van der Waals surface area contributed by atoms with Crippen LogP contribution in [0.25, 0.3) is 10.9 Å². The Morgan fingerprint density at radius 2 is 2.05 bits per heavy atom. The van der Waals surface area contributed by atoms with E-state index in [-0.39, 0.29) is 5.91 Å². The van der Waals surface area contributed by atoms with Gasteiger partial charge in [-0.15, -0.1) is 0 Å². The van der Waals surface area contributed by atoms with E-state index >= 15 is 0 Å². The zero-order valence-electron chi connectivity index (χ0n) is 11.8. The van der Waals surface area contributed by atoms with Crippen LogP contribution < -0.4 is 11.1 Å². The number of aromatic amines is 1. The van der Waals surface area contributed by atoms with Gasteiger partial charge in [0.15, 0.2) is 5.69 Å². The highest BCUT2D eigenvalue weighted by atomic mass is 16.1. The van der Waals surface area contributed by atoms with E-state index in [1.165, 1.54) is 0 Å². The van der Waals surface area contributed by atoms with Gasteiger partial charge in [-0.05, 0) is 44.2 Å². The highest BCUT2D eigenvalue weighted by Crippen LogP contribution is 2.20. The van der Waals surface area contributed by atoms with Crippen molar-refractivity contribution in [3.05, 3.63) is 47.4 Å². The Labute approximate surface area is 121 Å². The van der Waals surface area contributed by atoms with E-state index in [0.717, 1.165) is 16.9 Å². The SMILES string of the molecule is Cc1ccc(NC(=O)c2n[nH]c3ccc(N)cc23)c(C)n1. The molecular formula is C15H15N5O. The first-order valence-corrected chi connectivity index (χ1v) is 6.54. The second kappa shape index (κ2) is 4.90. The van der Waals surface area contributed by atoms with Crippen molar-refractivity contribution in [3.63, 3.8) is 0 Å². The van der Waals surface area contributed by atoms with Crippen molar-refractivity contribution >= 4 is 28.2 Å². The molecule has 0 unspecified atom stereocenters. The number of benzene rings is 1. The van der Waals surface area contributed by atoms with Gasteiger partial charge in [0, 0.05) is 16.8 Å². The summed E-state index contributed by atoms with van der Waals surface area (Å²) in [5.41, 5.74) is 9.78. The first-order valence-electron chi connectivity index (χ1n) is 6.54. The van der Waals surface area contributed by atoms with Crippen LogP contribution in [0.2, 0.25) is 0 Å². The number of nitrogens with zero attached hydrogens (tertiary/aromatic N) is 2. The van der Waals surface area contributed by atoms with Crippen LogP contribution in [0.15, 0.2) is 30.3 Å². The molecule has 1 aromatic carbocycles. The van der Waals surface area contributed by atoms with Crippen molar-refractivity contribution < 1.29 is 4.79 Å². The predicted molar refractivity (Wildman–Crippen MR) is 82.2 cm³/mol. The van der Waals surface area contributed by atoms with Crippen LogP contribution in [0, 0.1) is 13.8 Å². The number of hydrogen-bond acceptors (Lipinski definition) is 4. The lowest BCUT2D eigenvalue weighted by Gasteiger charge is -2.07. The minimum absolute atomic E-state index is 0.291. The fourth-order valence-corrected chi connectivity index (χ4v) is 2.20. The highest BCUT2D eigenvalue weighted by Gasteiger charge is 2.15. The van der Waals surface area contributed by atoms with E-state index in [1.54, 1.807) is 18.2 Å². The maximum atomic E-state index is 12.4. The molecule has 3 rings (SSSR count). The van der Waals surface area contributed by atoms with E-state index in [1.807, 2.05) is 26.0 Å².